The largest absolute Gasteiger partial charge is 0.612 e. The lowest BCUT2D eigenvalue weighted by atomic mass is 10.00. The van der Waals surface area contributed by atoms with Crippen LogP contribution in [0.3, 0.4) is 0 Å². The quantitative estimate of drug-likeness (QED) is 0.541. The third-order valence-electron chi connectivity index (χ3n) is 4.19. The molecule has 5 heteroatoms. The van der Waals surface area contributed by atoms with Gasteiger partial charge < -0.3 is 9.54 Å². The topological polar surface area (TPSA) is 51.7 Å². The Morgan fingerprint density at radius 2 is 1.84 bits per heavy atom. The van der Waals surface area contributed by atoms with Gasteiger partial charge in [0.2, 0.25) is 0 Å². The first-order valence-electron chi connectivity index (χ1n) is 7.79. The van der Waals surface area contributed by atoms with E-state index >= 15 is 0 Å². The Morgan fingerprint density at radius 1 is 1.00 bits per heavy atom. The van der Waals surface area contributed by atoms with Crippen LogP contribution in [0.1, 0.15) is 0 Å². The van der Waals surface area contributed by atoms with Crippen LogP contribution in [0.5, 0.6) is 0 Å². The molecule has 1 unspecified atom stereocenters. The van der Waals surface area contributed by atoms with E-state index in [0.29, 0.717) is 16.0 Å². The molecule has 0 aliphatic heterocycles. The molecule has 0 amide bonds. The Labute approximate surface area is 147 Å². The zero-order chi connectivity index (χ0) is 17.4. The van der Waals surface area contributed by atoms with Crippen LogP contribution in [-0.2, 0) is 11.2 Å². The Kier molecular flexibility index (Phi) is 4.03. The maximum Gasteiger partial charge on any atom is 0.160 e. The average molecular weight is 350 g/mol. The van der Waals surface area contributed by atoms with Crippen LogP contribution in [0.2, 0.25) is 0 Å². The summed E-state index contributed by atoms with van der Waals surface area (Å²) in [7, 11) is 0. The van der Waals surface area contributed by atoms with E-state index in [4.69, 9.17) is 0 Å². The van der Waals surface area contributed by atoms with Gasteiger partial charge in [-0.15, -0.1) is 0 Å². The molecule has 2 aromatic heterocycles. The zero-order valence-corrected chi connectivity index (χ0v) is 14.3. The molecule has 0 aliphatic rings. The van der Waals surface area contributed by atoms with E-state index in [1.165, 1.54) is 6.07 Å². The summed E-state index contributed by atoms with van der Waals surface area (Å²) in [6, 6.07) is 16.3. The number of nitrogens with one attached hydrogen (secondary N) is 1. The summed E-state index contributed by atoms with van der Waals surface area (Å²) >= 11 is -1.14. The smallest absolute Gasteiger partial charge is 0.160 e. The van der Waals surface area contributed by atoms with Crippen molar-refractivity contribution < 1.29 is 8.94 Å². The normalized spacial score (nSPS) is 12.4. The van der Waals surface area contributed by atoms with Crippen molar-refractivity contribution in [3.05, 3.63) is 72.8 Å². The summed E-state index contributed by atoms with van der Waals surface area (Å²) in [5.74, 6) is -0.328. The van der Waals surface area contributed by atoms with Gasteiger partial charge in [0.05, 0.1) is 0 Å². The van der Waals surface area contributed by atoms with E-state index in [1.54, 1.807) is 24.6 Å². The lowest BCUT2D eigenvalue weighted by Gasteiger charge is -2.11. The van der Waals surface area contributed by atoms with E-state index in [2.05, 4.69) is 9.97 Å². The minimum Gasteiger partial charge on any atom is -0.612 e. The lowest BCUT2D eigenvalue weighted by molar-refractivity contribution is 0.601. The third kappa shape index (κ3) is 2.92. The molecule has 4 aromatic rings. The second kappa shape index (κ2) is 6.35. The van der Waals surface area contributed by atoms with Crippen molar-refractivity contribution in [3.8, 4) is 22.3 Å². The fraction of sp³-hybridized carbons (Fsp3) is 0.0500. The van der Waals surface area contributed by atoms with Crippen LogP contribution >= 0.6 is 0 Å². The highest BCUT2D eigenvalue weighted by atomic mass is 32.2. The molecular weight excluding hydrogens is 335 g/mol. The van der Waals surface area contributed by atoms with Crippen molar-refractivity contribution in [2.24, 2.45) is 0 Å². The number of halogens is 1. The predicted octanol–water partition coefficient (Wildman–Crippen LogP) is 4.77. The van der Waals surface area contributed by atoms with E-state index in [0.717, 1.165) is 22.2 Å². The fourth-order valence-electron chi connectivity index (χ4n) is 2.96. The van der Waals surface area contributed by atoms with Crippen LogP contribution in [0.25, 0.3) is 33.3 Å². The van der Waals surface area contributed by atoms with Gasteiger partial charge in [0.25, 0.3) is 0 Å². The van der Waals surface area contributed by atoms with Crippen molar-refractivity contribution in [2.75, 3.05) is 6.26 Å². The molecular formula is C20H15FN2OS. The molecule has 4 rings (SSSR count). The van der Waals surface area contributed by atoms with Crippen molar-refractivity contribution in [3.63, 3.8) is 0 Å². The van der Waals surface area contributed by atoms with Gasteiger partial charge in [-0.1, -0.05) is 24.3 Å². The van der Waals surface area contributed by atoms with Crippen molar-refractivity contribution in [1.82, 2.24) is 9.97 Å². The van der Waals surface area contributed by atoms with E-state index in [-0.39, 0.29) is 5.82 Å². The summed E-state index contributed by atoms with van der Waals surface area (Å²) in [6.45, 7) is 0. The van der Waals surface area contributed by atoms with Gasteiger partial charge in [-0.3, -0.25) is 0 Å². The number of aromatic nitrogens is 2. The highest BCUT2D eigenvalue weighted by Crippen LogP contribution is 2.32. The summed E-state index contributed by atoms with van der Waals surface area (Å²) in [5.41, 5.74) is 3.49. The Bertz CT molecular complexity index is 1060. The van der Waals surface area contributed by atoms with Crippen molar-refractivity contribution in [2.45, 2.75) is 4.90 Å². The fourth-order valence-corrected chi connectivity index (χ4v) is 3.73. The number of nitrogens with zero attached hydrogens (tertiary/aromatic N) is 1. The number of rotatable bonds is 3. The SMILES string of the molecule is C[S+]([O-])c1ccccc1-c1ccc(-c2cnc3[nH]ccc3c2)c(F)c1. The standard InChI is InChI=1S/C20H15FN2OS/c1-25(24)19-5-3-2-4-17(19)13-6-7-16(18(21)11-13)15-10-14-8-9-22-20(14)23-12-15/h2-12H,1H3,(H,22,23). The van der Waals surface area contributed by atoms with E-state index in [9.17, 15) is 8.94 Å². The molecule has 3 nitrogen and oxygen atoms in total. The number of fused-ring (bicyclic) bond motifs is 1. The molecule has 0 bridgehead atoms. The number of hydrogen-bond donors (Lipinski definition) is 1. The molecule has 0 fully saturated rings. The van der Waals surface area contributed by atoms with Crippen LogP contribution in [0.4, 0.5) is 4.39 Å². The third-order valence-corrected chi connectivity index (χ3v) is 5.16. The van der Waals surface area contributed by atoms with Gasteiger partial charge in [-0.2, -0.15) is 0 Å². The molecule has 0 spiro atoms. The summed E-state index contributed by atoms with van der Waals surface area (Å²) in [4.78, 5) is 8.04. The minimum absolute atomic E-state index is 0.328. The van der Waals surface area contributed by atoms with Gasteiger partial charge in [-0.25, -0.2) is 9.37 Å². The Balaban J connectivity index is 1.79. The molecule has 0 saturated heterocycles. The molecule has 2 heterocycles. The molecule has 0 radical (unpaired) electrons. The average Bonchev–Trinajstić information content (AvgIpc) is 3.09. The van der Waals surface area contributed by atoms with Crippen LogP contribution in [0, 0.1) is 5.82 Å². The number of aromatic amines is 1. The summed E-state index contributed by atoms with van der Waals surface area (Å²) in [5, 5.41) is 0.938. The molecule has 25 heavy (non-hydrogen) atoms. The van der Waals surface area contributed by atoms with Gasteiger partial charge in [0.15, 0.2) is 4.90 Å². The van der Waals surface area contributed by atoms with Crippen molar-refractivity contribution >= 4 is 22.2 Å². The van der Waals surface area contributed by atoms with Crippen LogP contribution in [-0.4, -0.2) is 20.8 Å². The molecule has 0 saturated carbocycles. The van der Waals surface area contributed by atoms with E-state index in [1.807, 2.05) is 42.6 Å². The summed E-state index contributed by atoms with van der Waals surface area (Å²) < 4.78 is 26.7. The first kappa shape index (κ1) is 15.9. The van der Waals surface area contributed by atoms with Crippen LogP contribution < -0.4 is 0 Å². The van der Waals surface area contributed by atoms with E-state index < -0.39 is 11.2 Å². The number of pyridine rings is 1. The Hall–Kier alpha value is -2.63. The zero-order valence-electron chi connectivity index (χ0n) is 13.5. The predicted molar refractivity (Wildman–Crippen MR) is 99.3 cm³/mol. The number of H-pyrrole nitrogens is 1. The van der Waals surface area contributed by atoms with Gasteiger partial charge in [0, 0.05) is 34.5 Å². The lowest BCUT2D eigenvalue weighted by Crippen LogP contribution is -2.00. The minimum atomic E-state index is -1.14. The molecule has 124 valence electrons. The second-order valence-corrected chi connectivity index (χ2v) is 7.13. The van der Waals surface area contributed by atoms with Gasteiger partial charge >= 0.3 is 0 Å². The van der Waals surface area contributed by atoms with Gasteiger partial charge in [-0.05, 0) is 47.1 Å². The second-order valence-electron chi connectivity index (χ2n) is 5.78. The maximum atomic E-state index is 14.8. The first-order valence-corrected chi connectivity index (χ1v) is 9.35. The molecule has 1 atom stereocenters. The van der Waals surface area contributed by atoms with Gasteiger partial charge in [0.1, 0.15) is 17.7 Å². The summed E-state index contributed by atoms with van der Waals surface area (Å²) in [6.07, 6.45) is 5.09. The first-order chi connectivity index (χ1) is 12.1. The highest BCUT2D eigenvalue weighted by molar-refractivity contribution is 7.90. The Morgan fingerprint density at radius 3 is 2.64 bits per heavy atom. The number of benzene rings is 2. The molecule has 2 aromatic carbocycles. The maximum absolute atomic E-state index is 14.8. The highest BCUT2D eigenvalue weighted by Gasteiger charge is 2.15. The monoisotopic (exact) mass is 350 g/mol. The van der Waals surface area contributed by atoms with Crippen LogP contribution in [0.15, 0.2) is 71.9 Å². The molecule has 1 N–H and O–H groups in total. The van der Waals surface area contributed by atoms with Crippen molar-refractivity contribution in [1.29, 1.82) is 0 Å². The molecule has 0 aliphatic carbocycles. The number of hydrogen-bond acceptors (Lipinski definition) is 2.